The Morgan fingerprint density at radius 2 is 2.18 bits per heavy atom. The fraction of sp³-hybridized carbons (Fsp3) is 0.417. The van der Waals surface area contributed by atoms with Crippen molar-refractivity contribution in [2.45, 2.75) is 24.3 Å². The molecule has 4 nitrogen and oxygen atoms in total. The molecule has 0 aliphatic rings. The topological polar surface area (TPSA) is 61.4 Å². The van der Waals surface area contributed by atoms with Gasteiger partial charge in [-0.3, -0.25) is 0 Å². The summed E-state index contributed by atoms with van der Waals surface area (Å²) in [4.78, 5) is 12.7. The van der Waals surface area contributed by atoms with Gasteiger partial charge in [0.05, 0.1) is 18.3 Å². The van der Waals surface area contributed by atoms with Crippen molar-refractivity contribution in [2.24, 2.45) is 0 Å². The SMILES string of the molecule is CCC(CO)NC(=O)Nc1ccccc1SC. The highest BCUT2D eigenvalue weighted by molar-refractivity contribution is 7.98. The van der Waals surface area contributed by atoms with E-state index in [0.29, 0.717) is 6.42 Å². The zero-order valence-corrected chi connectivity index (χ0v) is 10.9. The van der Waals surface area contributed by atoms with E-state index in [1.807, 2.05) is 37.4 Å². The molecule has 0 radical (unpaired) electrons. The van der Waals surface area contributed by atoms with E-state index in [1.165, 1.54) is 0 Å². The average molecular weight is 254 g/mol. The van der Waals surface area contributed by atoms with E-state index in [4.69, 9.17) is 5.11 Å². The predicted octanol–water partition coefficient (Wildman–Crippen LogP) is 2.30. The Morgan fingerprint density at radius 1 is 1.47 bits per heavy atom. The third-order valence-corrected chi connectivity index (χ3v) is 3.20. The number of carbonyl (C=O) groups excluding carboxylic acids is 1. The second-order valence-electron chi connectivity index (χ2n) is 3.59. The molecule has 94 valence electrons. The molecule has 0 aromatic heterocycles. The van der Waals surface area contributed by atoms with Crippen molar-refractivity contribution < 1.29 is 9.90 Å². The van der Waals surface area contributed by atoms with Crippen LogP contribution in [-0.4, -0.2) is 30.0 Å². The van der Waals surface area contributed by atoms with Gasteiger partial charge in [0.1, 0.15) is 0 Å². The summed E-state index contributed by atoms with van der Waals surface area (Å²) in [6.07, 6.45) is 2.66. The second kappa shape index (κ2) is 7.19. The minimum atomic E-state index is -0.285. The molecule has 0 saturated carbocycles. The van der Waals surface area contributed by atoms with Gasteiger partial charge in [-0.05, 0) is 24.8 Å². The number of para-hydroxylation sites is 1. The van der Waals surface area contributed by atoms with E-state index in [2.05, 4.69) is 10.6 Å². The lowest BCUT2D eigenvalue weighted by Gasteiger charge is -2.15. The van der Waals surface area contributed by atoms with Crippen molar-refractivity contribution in [2.75, 3.05) is 18.2 Å². The Labute approximate surface area is 106 Å². The summed E-state index contributed by atoms with van der Waals surface area (Å²) in [5.41, 5.74) is 0.783. The van der Waals surface area contributed by atoms with Crippen molar-refractivity contribution in [3.8, 4) is 0 Å². The third kappa shape index (κ3) is 4.28. The average Bonchev–Trinajstić information content (AvgIpc) is 2.36. The number of urea groups is 1. The van der Waals surface area contributed by atoms with Gasteiger partial charge in [0.25, 0.3) is 0 Å². The first-order valence-corrected chi connectivity index (χ1v) is 6.75. The number of aliphatic hydroxyl groups excluding tert-OH is 1. The molecule has 0 fully saturated rings. The number of carbonyl (C=O) groups is 1. The first-order valence-electron chi connectivity index (χ1n) is 5.52. The molecule has 0 bridgehead atoms. The van der Waals surface area contributed by atoms with E-state index in [0.717, 1.165) is 10.6 Å². The van der Waals surface area contributed by atoms with Crippen LogP contribution in [0.1, 0.15) is 13.3 Å². The van der Waals surface area contributed by atoms with Crippen LogP contribution in [0.15, 0.2) is 29.2 Å². The maximum absolute atomic E-state index is 11.7. The molecule has 1 aromatic carbocycles. The van der Waals surface area contributed by atoms with Crippen molar-refractivity contribution in [3.05, 3.63) is 24.3 Å². The van der Waals surface area contributed by atoms with Gasteiger partial charge in [0, 0.05) is 4.90 Å². The molecule has 1 aromatic rings. The molecule has 3 N–H and O–H groups in total. The van der Waals surface area contributed by atoms with Crippen LogP contribution in [0.25, 0.3) is 0 Å². The fourth-order valence-electron chi connectivity index (χ4n) is 1.37. The minimum Gasteiger partial charge on any atom is -0.394 e. The zero-order chi connectivity index (χ0) is 12.7. The standard InChI is InChI=1S/C12H18N2O2S/c1-3-9(8-15)13-12(16)14-10-6-4-5-7-11(10)17-2/h4-7,9,15H,3,8H2,1-2H3,(H2,13,14,16). The zero-order valence-electron chi connectivity index (χ0n) is 10.1. The van der Waals surface area contributed by atoms with Gasteiger partial charge in [-0.15, -0.1) is 11.8 Å². The molecular formula is C12H18N2O2S. The summed E-state index contributed by atoms with van der Waals surface area (Å²) in [5.74, 6) is 0. The Bertz CT molecular complexity index is 367. The van der Waals surface area contributed by atoms with Gasteiger partial charge in [0.15, 0.2) is 0 Å². The number of rotatable bonds is 5. The molecule has 0 aliphatic heterocycles. The van der Waals surface area contributed by atoms with Gasteiger partial charge in [0.2, 0.25) is 0 Å². The predicted molar refractivity (Wildman–Crippen MR) is 71.5 cm³/mol. The molecule has 0 aliphatic carbocycles. The number of hydrogen-bond donors (Lipinski definition) is 3. The lowest BCUT2D eigenvalue weighted by atomic mass is 10.2. The first-order chi connectivity index (χ1) is 8.21. The molecule has 5 heteroatoms. The smallest absolute Gasteiger partial charge is 0.319 e. The number of hydrogen-bond acceptors (Lipinski definition) is 3. The lowest BCUT2D eigenvalue weighted by Crippen LogP contribution is -2.39. The maximum atomic E-state index is 11.7. The number of anilines is 1. The van der Waals surface area contributed by atoms with Crippen LogP contribution in [0.3, 0.4) is 0 Å². The maximum Gasteiger partial charge on any atom is 0.319 e. The largest absolute Gasteiger partial charge is 0.394 e. The highest BCUT2D eigenvalue weighted by Crippen LogP contribution is 2.24. The quantitative estimate of drug-likeness (QED) is 0.707. The molecule has 1 unspecified atom stereocenters. The van der Waals surface area contributed by atoms with Crippen LogP contribution in [0.4, 0.5) is 10.5 Å². The molecular weight excluding hydrogens is 236 g/mol. The molecule has 0 saturated heterocycles. The van der Waals surface area contributed by atoms with Crippen molar-refractivity contribution in [1.82, 2.24) is 5.32 Å². The molecule has 1 atom stereocenters. The van der Waals surface area contributed by atoms with Gasteiger partial charge < -0.3 is 15.7 Å². The van der Waals surface area contributed by atoms with Crippen LogP contribution in [-0.2, 0) is 0 Å². The van der Waals surface area contributed by atoms with Gasteiger partial charge in [-0.25, -0.2) is 4.79 Å². The van der Waals surface area contributed by atoms with E-state index in [9.17, 15) is 4.79 Å². The van der Waals surface area contributed by atoms with E-state index < -0.39 is 0 Å². The first kappa shape index (κ1) is 13.9. The highest BCUT2D eigenvalue weighted by Gasteiger charge is 2.10. The van der Waals surface area contributed by atoms with Crippen LogP contribution >= 0.6 is 11.8 Å². The van der Waals surface area contributed by atoms with Crippen molar-refractivity contribution in [1.29, 1.82) is 0 Å². The van der Waals surface area contributed by atoms with Gasteiger partial charge >= 0.3 is 6.03 Å². The Morgan fingerprint density at radius 3 is 2.76 bits per heavy atom. The number of benzene rings is 1. The molecule has 0 heterocycles. The number of thioether (sulfide) groups is 1. The van der Waals surface area contributed by atoms with Crippen LogP contribution in [0, 0.1) is 0 Å². The number of amides is 2. The van der Waals surface area contributed by atoms with E-state index >= 15 is 0 Å². The van der Waals surface area contributed by atoms with Gasteiger partial charge in [-0.1, -0.05) is 19.1 Å². The summed E-state index contributed by atoms with van der Waals surface area (Å²) in [6.45, 7) is 1.87. The Hall–Kier alpha value is -1.20. The van der Waals surface area contributed by atoms with Crippen LogP contribution in [0.2, 0.25) is 0 Å². The number of nitrogens with one attached hydrogen (secondary N) is 2. The third-order valence-electron chi connectivity index (χ3n) is 2.40. The molecule has 2 amide bonds. The minimum absolute atomic E-state index is 0.0475. The Kier molecular flexibility index (Phi) is 5.86. The van der Waals surface area contributed by atoms with E-state index in [-0.39, 0.29) is 18.7 Å². The monoisotopic (exact) mass is 254 g/mol. The summed E-state index contributed by atoms with van der Waals surface area (Å²) < 4.78 is 0. The summed E-state index contributed by atoms with van der Waals surface area (Å²) in [5, 5.41) is 14.5. The summed E-state index contributed by atoms with van der Waals surface area (Å²) in [6, 6.07) is 7.12. The molecule has 0 spiro atoms. The van der Waals surface area contributed by atoms with E-state index in [1.54, 1.807) is 11.8 Å². The fourth-order valence-corrected chi connectivity index (χ4v) is 1.92. The van der Waals surface area contributed by atoms with Crippen molar-refractivity contribution >= 4 is 23.5 Å². The summed E-state index contributed by atoms with van der Waals surface area (Å²) in [7, 11) is 0. The van der Waals surface area contributed by atoms with Crippen LogP contribution < -0.4 is 10.6 Å². The van der Waals surface area contributed by atoms with Crippen molar-refractivity contribution in [3.63, 3.8) is 0 Å². The number of aliphatic hydroxyl groups is 1. The second-order valence-corrected chi connectivity index (χ2v) is 4.43. The van der Waals surface area contributed by atoms with Gasteiger partial charge in [-0.2, -0.15) is 0 Å². The molecule has 1 rings (SSSR count). The Balaban J connectivity index is 2.61. The normalized spacial score (nSPS) is 11.9. The molecule has 17 heavy (non-hydrogen) atoms. The highest BCUT2D eigenvalue weighted by atomic mass is 32.2. The lowest BCUT2D eigenvalue weighted by molar-refractivity contribution is 0.222. The van der Waals surface area contributed by atoms with Crippen LogP contribution in [0.5, 0.6) is 0 Å². The summed E-state index contributed by atoms with van der Waals surface area (Å²) >= 11 is 1.58.